The summed E-state index contributed by atoms with van der Waals surface area (Å²) in [6.07, 6.45) is 0. The van der Waals surface area contributed by atoms with Gasteiger partial charge in [-0.3, -0.25) is 9.58 Å². The van der Waals surface area contributed by atoms with Gasteiger partial charge in [-0.15, -0.1) is 0 Å². The van der Waals surface area contributed by atoms with Crippen molar-refractivity contribution in [3.8, 4) is 0 Å². The molecule has 2 rings (SSSR count). The van der Waals surface area contributed by atoms with Crippen molar-refractivity contribution in [2.24, 2.45) is 7.05 Å². The van der Waals surface area contributed by atoms with Crippen LogP contribution >= 0.6 is 0 Å². The monoisotopic (exact) mass is 239 g/mol. The van der Waals surface area contributed by atoms with Crippen molar-refractivity contribution in [3.05, 3.63) is 5.69 Å². The molecule has 0 spiro atoms. The minimum Gasteiger partial charge on any atom is -0.394 e. The fourth-order valence-corrected chi connectivity index (χ4v) is 2.04. The summed E-state index contributed by atoms with van der Waals surface area (Å²) in [4.78, 5) is 2.38. The molecular weight excluding hydrogens is 218 g/mol. The van der Waals surface area contributed by atoms with E-state index in [1.165, 1.54) is 0 Å². The Labute approximate surface area is 102 Å². The smallest absolute Gasteiger partial charge is 0.147 e. The molecule has 6 nitrogen and oxygen atoms in total. The van der Waals surface area contributed by atoms with Gasteiger partial charge in [0.15, 0.2) is 0 Å². The number of ether oxygens (including phenoxy) is 1. The molecule has 0 atom stereocenters. The third-order valence-corrected chi connectivity index (χ3v) is 3.09. The minimum atomic E-state index is 0.745. The van der Waals surface area contributed by atoms with Gasteiger partial charge < -0.3 is 15.8 Å². The average Bonchev–Trinajstić information content (AvgIpc) is 2.57. The molecule has 0 amide bonds. The first kappa shape index (κ1) is 12.2. The van der Waals surface area contributed by atoms with Crippen LogP contribution in [0.25, 0.3) is 0 Å². The lowest BCUT2D eigenvalue weighted by molar-refractivity contribution is 0.0398. The highest BCUT2D eigenvalue weighted by Crippen LogP contribution is 2.20. The lowest BCUT2D eigenvalue weighted by atomic mass is 10.3. The molecule has 1 aromatic rings. The predicted octanol–water partition coefficient (Wildman–Crippen LogP) is 0.0548. The molecule has 2 heterocycles. The number of rotatable bonds is 4. The maximum absolute atomic E-state index is 5.94. The fourth-order valence-electron chi connectivity index (χ4n) is 2.04. The third kappa shape index (κ3) is 2.89. The second-order valence-corrected chi connectivity index (χ2v) is 4.35. The number of aromatic nitrogens is 2. The zero-order chi connectivity index (χ0) is 12.3. The van der Waals surface area contributed by atoms with Crippen LogP contribution < -0.4 is 11.1 Å². The van der Waals surface area contributed by atoms with Crippen molar-refractivity contribution >= 4 is 11.5 Å². The molecule has 1 aliphatic heterocycles. The molecule has 1 aromatic heterocycles. The zero-order valence-corrected chi connectivity index (χ0v) is 10.6. The van der Waals surface area contributed by atoms with Gasteiger partial charge in [-0.05, 0) is 6.92 Å². The molecule has 17 heavy (non-hydrogen) atoms. The number of nitrogens with two attached hydrogens (primary N) is 1. The highest BCUT2D eigenvalue weighted by Gasteiger charge is 2.12. The molecule has 1 saturated heterocycles. The summed E-state index contributed by atoms with van der Waals surface area (Å²) in [5, 5.41) is 7.61. The van der Waals surface area contributed by atoms with Crippen LogP contribution in [0.4, 0.5) is 11.5 Å². The summed E-state index contributed by atoms with van der Waals surface area (Å²) in [6.45, 7) is 7.52. The number of hydrogen-bond acceptors (Lipinski definition) is 5. The van der Waals surface area contributed by atoms with Crippen molar-refractivity contribution in [2.75, 3.05) is 50.4 Å². The Morgan fingerprint density at radius 2 is 2.12 bits per heavy atom. The van der Waals surface area contributed by atoms with Gasteiger partial charge in [0.2, 0.25) is 0 Å². The molecule has 0 saturated carbocycles. The Bertz CT molecular complexity index is 370. The fraction of sp³-hybridized carbons (Fsp3) is 0.727. The summed E-state index contributed by atoms with van der Waals surface area (Å²) in [6, 6.07) is 0. The lowest BCUT2D eigenvalue weighted by Gasteiger charge is -2.26. The first-order valence-corrected chi connectivity index (χ1v) is 6.01. The van der Waals surface area contributed by atoms with Crippen LogP contribution in [-0.4, -0.2) is 54.1 Å². The molecule has 3 N–H and O–H groups in total. The summed E-state index contributed by atoms with van der Waals surface area (Å²) >= 11 is 0. The van der Waals surface area contributed by atoms with E-state index >= 15 is 0 Å². The summed E-state index contributed by atoms with van der Waals surface area (Å²) in [5.41, 5.74) is 7.56. The average molecular weight is 239 g/mol. The Balaban J connectivity index is 1.81. The van der Waals surface area contributed by atoms with Gasteiger partial charge in [0.05, 0.1) is 24.6 Å². The van der Waals surface area contributed by atoms with Crippen molar-refractivity contribution in [1.29, 1.82) is 0 Å². The van der Waals surface area contributed by atoms with Crippen molar-refractivity contribution in [3.63, 3.8) is 0 Å². The standard InChI is InChI=1S/C11H21N5O/c1-9-10(12)11(15(2)14-9)13-3-4-16-5-7-17-8-6-16/h13H,3-8,12H2,1-2H3. The third-order valence-electron chi connectivity index (χ3n) is 3.09. The van der Waals surface area contributed by atoms with Gasteiger partial charge >= 0.3 is 0 Å². The molecule has 1 fully saturated rings. The minimum absolute atomic E-state index is 0.745. The van der Waals surface area contributed by atoms with Crippen LogP contribution in [0.15, 0.2) is 0 Å². The molecule has 0 unspecified atom stereocenters. The predicted molar refractivity (Wildman–Crippen MR) is 68.1 cm³/mol. The van der Waals surface area contributed by atoms with E-state index in [0.717, 1.165) is 56.6 Å². The first-order valence-electron chi connectivity index (χ1n) is 6.01. The molecule has 0 radical (unpaired) electrons. The van der Waals surface area contributed by atoms with E-state index in [1.54, 1.807) is 4.68 Å². The van der Waals surface area contributed by atoms with E-state index in [2.05, 4.69) is 15.3 Å². The maximum Gasteiger partial charge on any atom is 0.147 e. The quantitative estimate of drug-likeness (QED) is 0.777. The second-order valence-electron chi connectivity index (χ2n) is 4.35. The molecule has 0 aromatic carbocycles. The van der Waals surface area contributed by atoms with Crippen LogP contribution in [0.3, 0.4) is 0 Å². The highest BCUT2D eigenvalue weighted by molar-refractivity contribution is 5.64. The van der Waals surface area contributed by atoms with Crippen LogP contribution in [-0.2, 0) is 11.8 Å². The van der Waals surface area contributed by atoms with Gasteiger partial charge in [-0.2, -0.15) is 5.10 Å². The highest BCUT2D eigenvalue weighted by atomic mass is 16.5. The second kappa shape index (κ2) is 5.37. The summed E-state index contributed by atoms with van der Waals surface area (Å²) in [7, 11) is 1.90. The van der Waals surface area contributed by atoms with E-state index in [1.807, 2.05) is 14.0 Å². The maximum atomic E-state index is 5.94. The van der Waals surface area contributed by atoms with Gasteiger partial charge in [-0.25, -0.2) is 0 Å². The number of hydrogen-bond donors (Lipinski definition) is 2. The van der Waals surface area contributed by atoms with E-state index in [0.29, 0.717) is 0 Å². The molecule has 96 valence electrons. The van der Waals surface area contributed by atoms with Crippen LogP contribution in [0, 0.1) is 6.92 Å². The molecule has 0 bridgehead atoms. The number of nitrogen functional groups attached to an aromatic ring is 1. The Kier molecular flexibility index (Phi) is 3.86. The van der Waals surface area contributed by atoms with Crippen LogP contribution in [0.5, 0.6) is 0 Å². The van der Waals surface area contributed by atoms with Gasteiger partial charge in [0.25, 0.3) is 0 Å². The largest absolute Gasteiger partial charge is 0.394 e. The number of morpholine rings is 1. The van der Waals surface area contributed by atoms with Crippen molar-refractivity contribution < 1.29 is 4.74 Å². The zero-order valence-electron chi connectivity index (χ0n) is 10.6. The summed E-state index contributed by atoms with van der Waals surface area (Å²) in [5.74, 6) is 0.913. The topological polar surface area (TPSA) is 68.3 Å². The summed E-state index contributed by atoms with van der Waals surface area (Å²) < 4.78 is 7.11. The molecule has 0 aliphatic carbocycles. The molecular formula is C11H21N5O. The number of nitrogens with one attached hydrogen (secondary N) is 1. The number of nitrogens with zero attached hydrogens (tertiary/aromatic N) is 3. The Morgan fingerprint density at radius 1 is 1.41 bits per heavy atom. The SMILES string of the molecule is Cc1nn(C)c(NCCN2CCOCC2)c1N. The number of anilines is 2. The lowest BCUT2D eigenvalue weighted by Crippen LogP contribution is -2.39. The Hall–Kier alpha value is -1.27. The van der Waals surface area contributed by atoms with E-state index in [9.17, 15) is 0 Å². The van der Waals surface area contributed by atoms with Gasteiger partial charge in [0.1, 0.15) is 5.82 Å². The molecule has 6 heteroatoms. The van der Waals surface area contributed by atoms with Crippen LogP contribution in [0.2, 0.25) is 0 Å². The van der Waals surface area contributed by atoms with Gasteiger partial charge in [0, 0.05) is 33.2 Å². The Morgan fingerprint density at radius 3 is 2.71 bits per heavy atom. The van der Waals surface area contributed by atoms with Crippen molar-refractivity contribution in [1.82, 2.24) is 14.7 Å². The first-order chi connectivity index (χ1) is 8.18. The van der Waals surface area contributed by atoms with E-state index in [-0.39, 0.29) is 0 Å². The van der Waals surface area contributed by atoms with E-state index in [4.69, 9.17) is 10.5 Å². The van der Waals surface area contributed by atoms with Gasteiger partial charge in [-0.1, -0.05) is 0 Å². The van der Waals surface area contributed by atoms with E-state index < -0.39 is 0 Å². The normalized spacial score (nSPS) is 17.3. The van der Waals surface area contributed by atoms with Crippen LogP contribution in [0.1, 0.15) is 5.69 Å². The van der Waals surface area contributed by atoms with Crippen molar-refractivity contribution in [2.45, 2.75) is 6.92 Å². The number of aryl methyl sites for hydroxylation is 2. The molecule has 1 aliphatic rings.